The lowest BCUT2D eigenvalue weighted by Gasteiger charge is -2.28. The van der Waals surface area contributed by atoms with E-state index < -0.39 is 0 Å². The molecule has 0 unspecified atom stereocenters. The Hall–Kier alpha value is -1.86. The second kappa shape index (κ2) is 37.9. The third-order valence-corrected chi connectivity index (χ3v) is 24.5. The zero-order chi connectivity index (χ0) is 57.9. The van der Waals surface area contributed by atoms with Gasteiger partial charge in [-0.25, -0.2) is 0 Å². The van der Waals surface area contributed by atoms with E-state index in [9.17, 15) is 0 Å². The number of benzene rings is 2. The number of hydrogen-bond donors (Lipinski definition) is 2. The summed E-state index contributed by atoms with van der Waals surface area (Å²) >= 11 is 17.1. The maximum absolute atomic E-state index is 5.36. The van der Waals surface area contributed by atoms with Crippen molar-refractivity contribution >= 4 is 143 Å². The zero-order valence-electron chi connectivity index (χ0n) is 52.1. The second-order valence-electron chi connectivity index (χ2n) is 24.9. The lowest BCUT2D eigenvalue weighted by atomic mass is 9.95. The van der Waals surface area contributed by atoms with Crippen molar-refractivity contribution in [1.82, 2.24) is 8.75 Å². The molecule has 11 heteroatoms. The van der Waals surface area contributed by atoms with E-state index in [2.05, 4.69) is 117 Å². The van der Waals surface area contributed by atoms with Crippen molar-refractivity contribution in [2.24, 2.45) is 0 Å². The van der Waals surface area contributed by atoms with Crippen LogP contribution < -0.4 is 10.6 Å². The lowest BCUT2D eigenvalue weighted by molar-refractivity contribution is 0.554. The summed E-state index contributed by atoms with van der Waals surface area (Å²) in [5.74, 6) is 0. The summed E-state index contributed by atoms with van der Waals surface area (Å²) in [7, 11) is 0. The van der Waals surface area contributed by atoms with Crippen LogP contribution in [0.2, 0.25) is 0 Å². The Morgan fingerprint density at radius 2 is 0.602 bits per heavy atom. The van der Waals surface area contributed by atoms with Crippen LogP contribution in [0.1, 0.15) is 305 Å². The van der Waals surface area contributed by atoms with Crippen LogP contribution in [0.5, 0.6) is 0 Å². The van der Waals surface area contributed by atoms with Crippen molar-refractivity contribution in [2.75, 3.05) is 10.6 Å². The molecule has 8 rings (SSSR count). The minimum atomic E-state index is 1.06. The van der Waals surface area contributed by atoms with E-state index in [1.807, 2.05) is 22.7 Å². The molecule has 5 aromatic heterocycles. The van der Waals surface area contributed by atoms with Crippen LogP contribution in [0, 0.1) is 0 Å². The van der Waals surface area contributed by atoms with Crippen molar-refractivity contribution in [3.05, 3.63) is 52.7 Å². The highest BCUT2D eigenvalue weighted by molar-refractivity contribution is 9.11. The molecule has 6 heterocycles. The number of halogens is 2. The smallest absolute Gasteiger partial charge is 0.116 e. The molecule has 0 radical (unpaired) electrons. The first-order valence-electron chi connectivity index (χ1n) is 34.4. The number of thiophene rings is 4. The highest BCUT2D eigenvalue weighted by Crippen LogP contribution is 2.59. The molecule has 0 saturated heterocycles. The monoisotopic (exact) mass is 1340 g/mol. The van der Waals surface area contributed by atoms with Gasteiger partial charge in [-0.1, -0.05) is 259 Å². The Kier molecular flexibility index (Phi) is 30.6. The Morgan fingerprint density at radius 3 is 0.904 bits per heavy atom. The van der Waals surface area contributed by atoms with Gasteiger partial charge >= 0.3 is 0 Å². The molecule has 0 bridgehead atoms. The first kappa shape index (κ1) is 67.1. The van der Waals surface area contributed by atoms with Gasteiger partial charge in [0.25, 0.3) is 0 Å². The zero-order valence-corrected chi connectivity index (χ0v) is 59.4. The van der Waals surface area contributed by atoms with E-state index >= 15 is 0 Å². The third kappa shape index (κ3) is 20.1. The lowest BCUT2D eigenvalue weighted by Crippen LogP contribution is -2.10. The molecular formula is C72H106Br2N4S5. The van der Waals surface area contributed by atoms with Crippen LogP contribution in [-0.2, 0) is 25.7 Å². The topological polar surface area (TPSA) is 49.8 Å². The standard InChI is InChI=1S/C72H106Br2N4S5/c1-5-9-13-17-21-25-29-33-37-41-45-53-49-59(79-57(53)47-43-39-35-31-27-23-19-15-11-7-3)63-67-68(76-66-56-52-62(74)82-72(56)71-55(65(66)75-67)51-61(73)81-71)64(70-69(63)77-83-78-70)60-50-54(46-42-38-34-30-26-22-18-14-10-6-2)58(80-60)48-44-40-36-32-28-24-20-16-12-8-4/h49-52,75-76H,5-48H2,1-4H3. The van der Waals surface area contributed by atoms with Crippen molar-refractivity contribution in [1.29, 1.82) is 0 Å². The minimum absolute atomic E-state index is 1.06. The van der Waals surface area contributed by atoms with Gasteiger partial charge in [0, 0.05) is 41.4 Å². The predicted molar refractivity (Wildman–Crippen MR) is 385 cm³/mol. The molecule has 1 aliphatic rings. The van der Waals surface area contributed by atoms with Gasteiger partial charge in [-0.15, -0.1) is 45.3 Å². The summed E-state index contributed by atoms with van der Waals surface area (Å²) in [4.78, 5) is 5.91. The maximum atomic E-state index is 5.36. The van der Waals surface area contributed by atoms with Crippen LogP contribution in [0.3, 0.4) is 0 Å². The second-order valence-corrected chi connectivity index (χ2v) is 32.6. The summed E-state index contributed by atoms with van der Waals surface area (Å²) in [6.07, 6.45) is 59.5. The summed E-state index contributed by atoms with van der Waals surface area (Å²) in [5, 5.41) is 11.1. The largest absolute Gasteiger partial charge is 0.351 e. The number of hydrogen-bond acceptors (Lipinski definition) is 9. The molecule has 83 heavy (non-hydrogen) atoms. The SMILES string of the molecule is CCCCCCCCCCCCc1cc(-c2c3c(c(-c4cc(CCCCCCCCCCCC)c(CCCCCCCCCCCC)s4)c4nsnc24)Nc2c(c4cc(Br)sc4c4sc(Br)cc24)N3)sc1CCCCCCCCCCCC. The first-order chi connectivity index (χ1) is 40.9. The number of nitrogens with zero attached hydrogens (tertiary/aromatic N) is 2. The van der Waals surface area contributed by atoms with E-state index in [4.69, 9.17) is 8.75 Å². The van der Waals surface area contributed by atoms with Crippen LogP contribution >= 0.6 is 88.9 Å². The van der Waals surface area contributed by atoms with Crippen molar-refractivity contribution in [2.45, 2.75) is 310 Å². The molecule has 4 nitrogen and oxygen atoms in total. The number of rotatable bonds is 46. The molecule has 7 aromatic rings. The number of aryl methyl sites for hydroxylation is 4. The normalized spacial score (nSPS) is 12.4. The summed E-state index contributed by atoms with van der Waals surface area (Å²) in [6.45, 7) is 9.29. The molecule has 458 valence electrons. The summed E-state index contributed by atoms with van der Waals surface area (Å²) in [5.41, 5.74) is 12.4. The molecule has 0 amide bonds. The molecule has 2 N–H and O–H groups in total. The van der Waals surface area contributed by atoms with Crippen LogP contribution in [0.4, 0.5) is 22.7 Å². The van der Waals surface area contributed by atoms with Gasteiger partial charge in [0.15, 0.2) is 0 Å². The molecule has 0 saturated carbocycles. The number of fused-ring (bicyclic) bond motifs is 8. The van der Waals surface area contributed by atoms with Crippen molar-refractivity contribution in [3.8, 4) is 20.9 Å². The van der Waals surface area contributed by atoms with Crippen LogP contribution in [0.25, 0.3) is 52.1 Å². The number of anilines is 4. The van der Waals surface area contributed by atoms with Gasteiger partial charge in [-0.05, 0) is 119 Å². The minimum Gasteiger partial charge on any atom is -0.351 e. The van der Waals surface area contributed by atoms with Gasteiger partial charge in [0.1, 0.15) is 11.0 Å². The molecule has 0 spiro atoms. The van der Waals surface area contributed by atoms with Crippen molar-refractivity contribution < 1.29 is 0 Å². The Labute approximate surface area is 541 Å². The van der Waals surface area contributed by atoms with E-state index in [-0.39, 0.29) is 0 Å². The van der Waals surface area contributed by atoms with Crippen LogP contribution in [0.15, 0.2) is 31.8 Å². The molecular weight excluding hydrogens is 1240 g/mol. The van der Waals surface area contributed by atoms with E-state index in [0.29, 0.717) is 0 Å². The third-order valence-electron chi connectivity index (χ3n) is 18.0. The number of unbranched alkanes of at least 4 members (excludes halogenated alkanes) is 36. The van der Waals surface area contributed by atoms with Gasteiger partial charge in [0.05, 0.1) is 51.5 Å². The fraction of sp³-hybridized carbons (Fsp3) is 0.667. The van der Waals surface area contributed by atoms with E-state index in [1.54, 1.807) is 20.9 Å². The van der Waals surface area contributed by atoms with E-state index in [1.165, 1.54) is 358 Å². The fourth-order valence-corrected chi connectivity index (χ4v) is 19.7. The van der Waals surface area contributed by atoms with Crippen LogP contribution in [-0.4, -0.2) is 8.75 Å². The Balaban J connectivity index is 1.12. The highest BCUT2D eigenvalue weighted by atomic mass is 79.9. The van der Waals surface area contributed by atoms with Gasteiger partial charge in [-0.3, -0.25) is 0 Å². The number of nitrogens with one attached hydrogen (secondary N) is 2. The predicted octanol–water partition coefficient (Wildman–Crippen LogP) is 28.8. The fourth-order valence-electron chi connectivity index (χ4n) is 13.1. The molecule has 0 fully saturated rings. The summed E-state index contributed by atoms with van der Waals surface area (Å²) < 4.78 is 15.7. The molecule has 1 aliphatic heterocycles. The maximum Gasteiger partial charge on any atom is 0.116 e. The average molecular weight is 1350 g/mol. The van der Waals surface area contributed by atoms with E-state index in [0.717, 1.165) is 18.6 Å². The summed E-state index contributed by atoms with van der Waals surface area (Å²) in [6, 6.07) is 9.92. The van der Waals surface area contributed by atoms with Crippen molar-refractivity contribution in [3.63, 3.8) is 0 Å². The molecule has 0 atom stereocenters. The Morgan fingerprint density at radius 1 is 0.325 bits per heavy atom. The highest BCUT2D eigenvalue weighted by Gasteiger charge is 2.33. The Bertz CT molecular complexity index is 2680. The van der Waals surface area contributed by atoms with Gasteiger partial charge in [-0.2, -0.15) is 8.75 Å². The molecule has 2 aromatic carbocycles. The molecule has 0 aliphatic carbocycles. The first-order valence-corrected chi connectivity index (χ1v) is 40.0. The average Bonchev–Trinajstić information content (AvgIpc) is 1.87. The quantitative estimate of drug-likeness (QED) is 0.0373. The van der Waals surface area contributed by atoms with Gasteiger partial charge < -0.3 is 10.6 Å². The number of aromatic nitrogens is 2. The van der Waals surface area contributed by atoms with Gasteiger partial charge in [0.2, 0.25) is 0 Å².